The number of carbonyl (C=O) groups is 3. The Morgan fingerprint density at radius 1 is 1.00 bits per heavy atom. The minimum atomic E-state index is -0.652. The highest BCUT2D eigenvalue weighted by Gasteiger charge is 2.30. The maximum absolute atomic E-state index is 12.8. The van der Waals surface area contributed by atoms with Gasteiger partial charge in [0.2, 0.25) is 0 Å². The molecule has 0 unspecified atom stereocenters. The van der Waals surface area contributed by atoms with Gasteiger partial charge < -0.3 is 15.1 Å². The average molecular weight is 392 g/mol. The van der Waals surface area contributed by atoms with E-state index in [0.29, 0.717) is 43.1 Å². The summed E-state index contributed by atoms with van der Waals surface area (Å²) in [6.45, 7) is 7.07. The number of Topliss-reactive ketones (excluding diaryl/α,β-unsaturated/α-hetero) is 1. The summed E-state index contributed by atoms with van der Waals surface area (Å²) in [5.74, 6) is -0.819. The van der Waals surface area contributed by atoms with Crippen molar-refractivity contribution in [2.75, 3.05) is 38.5 Å². The van der Waals surface area contributed by atoms with Crippen LogP contribution in [0.4, 0.5) is 5.82 Å². The number of piperazine rings is 1. The second kappa shape index (κ2) is 8.68. The van der Waals surface area contributed by atoms with Crippen LogP contribution in [0, 0.1) is 6.92 Å². The van der Waals surface area contributed by atoms with Gasteiger partial charge in [-0.3, -0.25) is 14.4 Å². The fraction of sp³-hybridized carbons (Fsp3) is 0.273. The van der Waals surface area contributed by atoms with Gasteiger partial charge in [-0.05, 0) is 30.7 Å². The van der Waals surface area contributed by atoms with Gasteiger partial charge in [0.25, 0.3) is 17.6 Å². The number of benzene rings is 1. The van der Waals surface area contributed by atoms with Crippen molar-refractivity contribution in [3.8, 4) is 0 Å². The standard InChI is InChI=1S/C22H24N4O3/c1-15-9-10-24-20(23-3)18(15)16(2)19(27)22(29)26-13-11-25(12-14-26)21(28)17-7-5-4-6-8-17/h4-10H,2,11-14H2,1,3H3,(H,23,24). The molecule has 2 amide bonds. The highest BCUT2D eigenvalue weighted by Crippen LogP contribution is 2.25. The first-order valence-corrected chi connectivity index (χ1v) is 9.44. The molecule has 1 aliphatic heterocycles. The predicted molar refractivity (Wildman–Crippen MR) is 111 cm³/mol. The van der Waals surface area contributed by atoms with Crippen LogP contribution in [0.2, 0.25) is 0 Å². The Morgan fingerprint density at radius 3 is 2.24 bits per heavy atom. The molecule has 3 rings (SSSR count). The van der Waals surface area contributed by atoms with Crippen molar-refractivity contribution in [1.29, 1.82) is 0 Å². The van der Waals surface area contributed by atoms with Gasteiger partial charge in [-0.15, -0.1) is 0 Å². The summed E-state index contributed by atoms with van der Waals surface area (Å²) in [4.78, 5) is 45.4. The minimum absolute atomic E-state index is 0.0712. The zero-order valence-electron chi connectivity index (χ0n) is 16.6. The van der Waals surface area contributed by atoms with E-state index in [4.69, 9.17) is 0 Å². The Labute approximate surface area is 170 Å². The van der Waals surface area contributed by atoms with E-state index >= 15 is 0 Å². The van der Waals surface area contributed by atoms with Crippen molar-refractivity contribution in [2.45, 2.75) is 6.92 Å². The third-order valence-corrected chi connectivity index (χ3v) is 5.04. The molecule has 7 nitrogen and oxygen atoms in total. The lowest BCUT2D eigenvalue weighted by Gasteiger charge is -2.34. The van der Waals surface area contributed by atoms with Gasteiger partial charge in [0.15, 0.2) is 0 Å². The number of aromatic nitrogens is 1. The number of nitrogens with one attached hydrogen (secondary N) is 1. The number of pyridine rings is 1. The molecule has 0 radical (unpaired) electrons. The lowest BCUT2D eigenvalue weighted by molar-refractivity contribution is -0.142. The first-order chi connectivity index (χ1) is 13.9. The summed E-state index contributed by atoms with van der Waals surface area (Å²) in [5.41, 5.74) is 2.09. The van der Waals surface area contributed by atoms with E-state index in [0.717, 1.165) is 5.56 Å². The largest absolute Gasteiger partial charge is 0.373 e. The summed E-state index contributed by atoms with van der Waals surface area (Å²) in [5, 5.41) is 2.93. The number of ketones is 1. The molecule has 1 aromatic heterocycles. The SMILES string of the molecule is C=C(C(=O)C(=O)N1CCN(C(=O)c2ccccc2)CC1)c1c(C)ccnc1NC. The van der Waals surface area contributed by atoms with Crippen molar-refractivity contribution in [3.63, 3.8) is 0 Å². The lowest BCUT2D eigenvalue weighted by atomic mass is 9.98. The van der Waals surface area contributed by atoms with E-state index in [1.54, 1.807) is 36.3 Å². The number of anilines is 1. The highest BCUT2D eigenvalue weighted by atomic mass is 16.2. The number of rotatable bonds is 5. The number of carbonyl (C=O) groups excluding carboxylic acids is 3. The van der Waals surface area contributed by atoms with Crippen LogP contribution in [0.1, 0.15) is 21.5 Å². The second-order valence-electron chi connectivity index (χ2n) is 6.86. The van der Waals surface area contributed by atoms with Gasteiger partial charge in [0.05, 0.1) is 0 Å². The van der Waals surface area contributed by atoms with Gasteiger partial charge in [-0.2, -0.15) is 0 Å². The Balaban J connectivity index is 1.66. The minimum Gasteiger partial charge on any atom is -0.373 e. The van der Waals surface area contributed by atoms with Crippen LogP contribution in [0.25, 0.3) is 5.57 Å². The maximum Gasteiger partial charge on any atom is 0.295 e. The molecule has 2 heterocycles. The van der Waals surface area contributed by atoms with Gasteiger partial charge in [-0.25, -0.2) is 4.98 Å². The molecule has 0 atom stereocenters. The van der Waals surface area contributed by atoms with E-state index in [1.807, 2.05) is 25.1 Å². The van der Waals surface area contributed by atoms with E-state index in [1.165, 1.54) is 4.90 Å². The fourth-order valence-electron chi connectivity index (χ4n) is 3.39. The Bertz CT molecular complexity index is 948. The number of hydrogen-bond acceptors (Lipinski definition) is 5. The van der Waals surface area contributed by atoms with E-state index in [2.05, 4.69) is 16.9 Å². The molecule has 1 N–H and O–H groups in total. The molecule has 1 aliphatic rings. The second-order valence-corrected chi connectivity index (χ2v) is 6.86. The van der Waals surface area contributed by atoms with E-state index < -0.39 is 11.7 Å². The van der Waals surface area contributed by atoms with Crippen LogP contribution >= 0.6 is 0 Å². The molecule has 0 aliphatic carbocycles. The smallest absolute Gasteiger partial charge is 0.295 e. The molecule has 0 spiro atoms. The van der Waals surface area contributed by atoms with Crippen molar-refractivity contribution in [2.24, 2.45) is 0 Å². The van der Waals surface area contributed by atoms with Gasteiger partial charge in [0, 0.05) is 56.1 Å². The molecule has 1 fully saturated rings. The normalized spacial score (nSPS) is 13.7. The van der Waals surface area contributed by atoms with E-state index in [-0.39, 0.29) is 11.5 Å². The molecule has 0 saturated carbocycles. The van der Waals surface area contributed by atoms with Crippen LogP contribution in [-0.2, 0) is 9.59 Å². The zero-order chi connectivity index (χ0) is 21.0. The number of nitrogens with zero attached hydrogens (tertiary/aromatic N) is 3. The van der Waals surface area contributed by atoms with Gasteiger partial charge in [0.1, 0.15) is 5.82 Å². The van der Waals surface area contributed by atoms with E-state index in [9.17, 15) is 14.4 Å². The van der Waals surface area contributed by atoms with Crippen molar-refractivity contribution in [1.82, 2.24) is 14.8 Å². The van der Waals surface area contributed by atoms with Crippen molar-refractivity contribution < 1.29 is 14.4 Å². The molecule has 150 valence electrons. The van der Waals surface area contributed by atoms with Crippen LogP contribution in [0.5, 0.6) is 0 Å². The summed E-state index contributed by atoms with van der Waals surface area (Å²) < 4.78 is 0. The Hall–Kier alpha value is -3.48. The molecular formula is C22H24N4O3. The van der Waals surface area contributed by atoms with Crippen molar-refractivity contribution >= 4 is 29.0 Å². The maximum atomic E-state index is 12.8. The summed E-state index contributed by atoms with van der Waals surface area (Å²) in [6.07, 6.45) is 1.63. The molecule has 0 bridgehead atoms. The van der Waals surface area contributed by atoms with Crippen LogP contribution in [0.3, 0.4) is 0 Å². The highest BCUT2D eigenvalue weighted by molar-refractivity contribution is 6.53. The molecule has 29 heavy (non-hydrogen) atoms. The molecule has 2 aromatic rings. The summed E-state index contributed by atoms with van der Waals surface area (Å²) in [7, 11) is 1.70. The lowest BCUT2D eigenvalue weighted by Crippen LogP contribution is -2.52. The van der Waals surface area contributed by atoms with Crippen molar-refractivity contribution in [3.05, 3.63) is 65.9 Å². The number of amides is 2. The van der Waals surface area contributed by atoms with Gasteiger partial charge in [-0.1, -0.05) is 24.8 Å². The van der Waals surface area contributed by atoms with Crippen LogP contribution < -0.4 is 5.32 Å². The third-order valence-electron chi connectivity index (χ3n) is 5.04. The molecule has 1 saturated heterocycles. The topological polar surface area (TPSA) is 82.6 Å². The molecular weight excluding hydrogens is 368 g/mol. The Kier molecular flexibility index (Phi) is 6.07. The molecule has 7 heteroatoms. The average Bonchev–Trinajstić information content (AvgIpc) is 2.77. The third kappa shape index (κ3) is 4.18. The quantitative estimate of drug-likeness (QED) is 0.622. The molecule has 1 aromatic carbocycles. The van der Waals surface area contributed by atoms with Crippen LogP contribution in [0.15, 0.2) is 49.2 Å². The zero-order valence-corrected chi connectivity index (χ0v) is 16.6. The fourth-order valence-corrected chi connectivity index (χ4v) is 3.39. The predicted octanol–water partition coefficient (Wildman–Crippen LogP) is 2.00. The Morgan fingerprint density at radius 2 is 1.62 bits per heavy atom. The van der Waals surface area contributed by atoms with Crippen LogP contribution in [-0.4, -0.2) is 65.6 Å². The first kappa shape index (κ1) is 20.3. The summed E-state index contributed by atoms with van der Waals surface area (Å²) >= 11 is 0. The first-order valence-electron chi connectivity index (χ1n) is 9.44. The number of aryl methyl sites for hydroxylation is 1. The summed E-state index contributed by atoms with van der Waals surface area (Å²) in [6, 6.07) is 10.8. The number of hydrogen-bond donors (Lipinski definition) is 1. The van der Waals surface area contributed by atoms with Gasteiger partial charge >= 0.3 is 0 Å². The monoisotopic (exact) mass is 392 g/mol.